The minimum atomic E-state index is -0.848. The van der Waals surface area contributed by atoms with Crippen molar-refractivity contribution in [1.29, 1.82) is 0 Å². The molecule has 1 aliphatic carbocycles. The van der Waals surface area contributed by atoms with E-state index < -0.39 is 17.2 Å². The molecule has 3 N–H and O–H groups in total. The maximum absolute atomic E-state index is 13.8. The van der Waals surface area contributed by atoms with E-state index in [0.717, 1.165) is 13.0 Å². The number of benzene rings is 1. The minimum Gasteiger partial charge on any atom is -0.468 e. The third-order valence-electron chi connectivity index (χ3n) is 5.04. The fourth-order valence-corrected chi connectivity index (χ4v) is 3.74. The first kappa shape index (κ1) is 17.1. The summed E-state index contributed by atoms with van der Waals surface area (Å²) in [5, 5.41) is 3.42. The molecule has 24 heavy (non-hydrogen) atoms. The van der Waals surface area contributed by atoms with E-state index in [1.165, 1.54) is 25.3 Å². The average molecular weight is 339 g/mol. The SMILES string of the molecule is COC(=O)C1(N)CC(CNC2CCN(c3c(F)cccc3F)C2)C1. The topological polar surface area (TPSA) is 67.6 Å². The number of nitrogens with one attached hydrogen (secondary N) is 1. The van der Waals surface area contributed by atoms with Crippen molar-refractivity contribution < 1.29 is 18.3 Å². The normalized spacial score (nSPS) is 29.4. The Morgan fingerprint density at radius 1 is 1.42 bits per heavy atom. The predicted molar refractivity (Wildman–Crippen MR) is 86.6 cm³/mol. The summed E-state index contributed by atoms with van der Waals surface area (Å²) >= 11 is 0. The van der Waals surface area contributed by atoms with Crippen molar-refractivity contribution in [3.05, 3.63) is 29.8 Å². The molecule has 0 bridgehead atoms. The van der Waals surface area contributed by atoms with Crippen LogP contribution in [0.5, 0.6) is 0 Å². The van der Waals surface area contributed by atoms with Crippen LogP contribution in [0.4, 0.5) is 14.5 Å². The van der Waals surface area contributed by atoms with Crippen molar-refractivity contribution in [2.45, 2.75) is 30.8 Å². The second kappa shape index (κ2) is 6.64. The zero-order valence-corrected chi connectivity index (χ0v) is 13.7. The zero-order chi connectivity index (χ0) is 17.3. The van der Waals surface area contributed by atoms with Gasteiger partial charge in [-0.05, 0) is 43.9 Å². The molecule has 132 valence electrons. The monoisotopic (exact) mass is 339 g/mol. The number of nitrogens with zero attached hydrogens (tertiary/aromatic N) is 1. The van der Waals surface area contributed by atoms with Gasteiger partial charge in [0, 0.05) is 19.1 Å². The number of carbonyl (C=O) groups is 1. The number of nitrogens with two attached hydrogens (primary N) is 1. The molecule has 7 heteroatoms. The van der Waals surface area contributed by atoms with Crippen molar-refractivity contribution in [1.82, 2.24) is 5.32 Å². The van der Waals surface area contributed by atoms with Gasteiger partial charge in [-0.1, -0.05) is 6.07 Å². The third kappa shape index (κ3) is 3.23. The van der Waals surface area contributed by atoms with Gasteiger partial charge in [0.2, 0.25) is 0 Å². The van der Waals surface area contributed by atoms with Crippen LogP contribution in [0.15, 0.2) is 18.2 Å². The molecule has 3 rings (SSSR count). The number of methoxy groups -OCH3 is 1. The van der Waals surface area contributed by atoms with Gasteiger partial charge in [-0.3, -0.25) is 4.79 Å². The maximum Gasteiger partial charge on any atom is 0.325 e. The van der Waals surface area contributed by atoms with Crippen molar-refractivity contribution in [2.24, 2.45) is 11.7 Å². The molecule has 1 aromatic carbocycles. The highest BCUT2D eigenvalue weighted by Crippen LogP contribution is 2.36. The average Bonchev–Trinajstić information content (AvgIpc) is 2.98. The van der Waals surface area contributed by atoms with E-state index in [4.69, 9.17) is 10.5 Å². The summed E-state index contributed by atoms with van der Waals surface area (Å²) in [7, 11) is 1.34. The molecule has 1 atom stereocenters. The van der Waals surface area contributed by atoms with Gasteiger partial charge in [0.15, 0.2) is 0 Å². The number of para-hydroxylation sites is 1. The summed E-state index contributed by atoms with van der Waals surface area (Å²) in [5.74, 6) is -1.09. The lowest BCUT2D eigenvalue weighted by molar-refractivity contribution is -0.152. The summed E-state index contributed by atoms with van der Waals surface area (Å²) in [6.45, 7) is 1.92. The molecule has 0 amide bonds. The molecule has 2 aliphatic rings. The highest BCUT2D eigenvalue weighted by atomic mass is 19.1. The molecule has 1 saturated heterocycles. The second-order valence-corrected chi connectivity index (χ2v) is 6.83. The summed E-state index contributed by atoms with van der Waals surface area (Å²) in [5.41, 5.74) is 5.17. The number of halogens is 2. The van der Waals surface area contributed by atoms with E-state index in [1.54, 1.807) is 4.90 Å². The van der Waals surface area contributed by atoms with Crippen LogP contribution < -0.4 is 16.0 Å². The van der Waals surface area contributed by atoms with E-state index >= 15 is 0 Å². The molecule has 0 aromatic heterocycles. The Balaban J connectivity index is 1.47. The van der Waals surface area contributed by atoms with Crippen molar-refractivity contribution in [3.8, 4) is 0 Å². The van der Waals surface area contributed by atoms with Crippen molar-refractivity contribution in [3.63, 3.8) is 0 Å². The Kier molecular flexibility index (Phi) is 4.73. The van der Waals surface area contributed by atoms with Crippen LogP contribution in [0.3, 0.4) is 0 Å². The molecule has 1 aliphatic heterocycles. The smallest absolute Gasteiger partial charge is 0.325 e. The van der Waals surface area contributed by atoms with Crippen LogP contribution in [0, 0.1) is 17.6 Å². The van der Waals surface area contributed by atoms with Gasteiger partial charge in [-0.15, -0.1) is 0 Å². The van der Waals surface area contributed by atoms with E-state index in [9.17, 15) is 13.6 Å². The van der Waals surface area contributed by atoms with Crippen LogP contribution in [0.1, 0.15) is 19.3 Å². The second-order valence-electron chi connectivity index (χ2n) is 6.83. The summed E-state index contributed by atoms with van der Waals surface area (Å²) in [6, 6.07) is 4.11. The largest absolute Gasteiger partial charge is 0.468 e. The molecule has 0 spiro atoms. The Bertz CT molecular complexity index is 600. The standard InChI is InChI=1S/C17H23F2N3O2/c1-24-16(23)17(20)7-11(8-17)9-21-12-5-6-22(10-12)15-13(18)3-2-4-14(15)19/h2-4,11-12,21H,5-10,20H2,1H3. The highest BCUT2D eigenvalue weighted by Gasteiger charge is 2.47. The van der Waals surface area contributed by atoms with Gasteiger partial charge in [0.25, 0.3) is 0 Å². The summed E-state index contributed by atoms with van der Waals surface area (Å²) in [4.78, 5) is 13.3. The van der Waals surface area contributed by atoms with Crippen molar-refractivity contribution >= 4 is 11.7 Å². The summed E-state index contributed by atoms with van der Waals surface area (Å²) in [6.07, 6.45) is 2.03. The number of ether oxygens (including phenoxy) is 1. The predicted octanol–water partition coefficient (Wildman–Crippen LogP) is 1.41. The fraction of sp³-hybridized carbons (Fsp3) is 0.588. The van der Waals surface area contributed by atoms with Gasteiger partial charge in [-0.25, -0.2) is 8.78 Å². The molecule has 1 aromatic rings. The molecule has 5 nitrogen and oxygen atoms in total. The first-order chi connectivity index (χ1) is 11.4. The molecule has 0 radical (unpaired) electrons. The third-order valence-corrected chi connectivity index (χ3v) is 5.04. The van der Waals surface area contributed by atoms with E-state index in [-0.39, 0.29) is 17.7 Å². The molecule has 1 unspecified atom stereocenters. The highest BCUT2D eigenvalue weighted by molar-refractivity contribution is 5.81. The number of rotatable bonds is 5. The van der Waals surface area contributed by atoms with Crippen LogP contribution in [-0.2, 0) is 9.53 Å². The first-order valence-electron chi connectivity index (χ1n) is 8.22. The molecular weight excluding hydrogens is 316 g/mol. The lowest BCUT2D eigenvalue weighted by atomic mass is 9.69. The van der Waals surface area contributed by atoms with Gasteiger partial charge in [0.05, 0.1) is 7.11 Å². The van der Waals surface area contributed by atoms with E-state index in [1.807, 2.05) is 0 Å². The lowest BCUT2D eigenvalue weighted by Crippen LogP contribution is -2.60. The van der Waals surface area contributed by atoms with Crippen LogP contribution >= 0.6 is 0 Å². The molecule has 1 saturated carbocycles. The number of carbonyl (C=O) groups excluding carboxylic acids is 1. The molecular formula is C17H23F2N3O2. The zero-order valence-electron chi connectivity index (χ0n) is 13.7. The Morgan fingerprint density at radius 3 is 2.71 bits per heavy atom. The van der Waals surface area contributed by atoms with Gasteiger partial charge < -0.3 is 20.7 Å². The first-order valence-corrected chi connectivity index (χ1v) is 8.22. The maximum atomic E-state index is 13.8. The number of esters is 1. The summed E-state index contributed by atoms with van der Waals surface area (Å²) < 4.78 is 32.4. The van der Waals surface area contributed by atoms with Crippen LogP contribution in [-0.4, -0.2) is 44.3 Å². The van der Waals surface area contributed by atoms with Crippen LogP contribution in [0.2, 0.25) is 0 Å². The molecule has 1 heterocycles. The quantitative estimate of drug-likeness (QED) is 0.794. The number of hydrogen-bond donors (Lipinski definition) is 2. The number of hydrogen-bond acceptors (Lipinski definition) is 5. The Labute approximate surface area is 140 Å². The number of anilines is 1. The van der Waals surface area contributed by atoms with Crippen LogP contribution in [0.25, 0.3) is 0 Å². The van der Waals surface area contributed by atoms with Gasteiger partial charge in [0.1, 0.15) is 22.9 Å². The minimum absolute atomic E-state index is 0.0529. The lowest BCUT2D eigenvalue weighted by Gasteiger charge is -2.42. The Hall–Kier alpha value is -1.73. The van der Waals surface area contributed by atoms with Gasteiger partial charge >= 0.3 is 5.97 Å². The van der Waals surface area contributed by atoms with E-state index in [0.29, 0.717) is 31.8 Å². The van der Waals surface area contributed by atoms with Crippen molar-refractivity contribution in [2.75, 3.05) is 31.6 Å². The molecule has 2 fully saturated rings. The van der Waals surface area contributed by atoms with Gasteiger partial charge in [-0.2, -0.15) is 0 Å². The van der Waals surface area contributed by atoms with E-state index in [2.05, 4.69) is 5.32 Å². The fourth-order valence-electron chi connectivity index (χ4n) is 3.74. The Morgan fingerprint density at radius 2 is 2.08 bits per heavy atom.